The fraction of sp³-hybridized carbons (Fsp3) is 0.357. The van der Waals surface area contributed by atoms with E-state index >= 15 is 0 Å². The Morgan fingerprint density at radius 3 is 2.40 bits per heavy atom. The van der Waals surface area contributed by atoms with Crippen LogP contribution in [0.1, 0.15) is 25.8 Å². The van der Waals surface area contributed by atoms with Gasteiger partial charge in [-0.25, -0.2) is 17.9 Å². The van der Waals surface area contributed by atoms with E-state index in [1.807, 2.05) is 13.8 Å². The summed E-state index contributed by atoms with van der Waals surface area (Å²) in [6, 6.07) is 6.05. The highest BCUT2D eigenvalue weighted by Crippen LogP contribution is 2.12. The maximum absolute atomic E-state index is 12.0. The van der Waals surface area contributed by atoms with Gasteiger partial charge < -0.3 is 5.11 Å². The zero-order valence-electron chi connectivity index (χ0n) is 11.5. The third-order valence-corrected chi connectivity index (χ3v) is 4.10. The molecule has 0 aromatic heterocycles. The maximum Gasteiger partial charge on any atom is 0.328 e. The van der Waals surface area contributed by atoms with Gasteiger partial charge in [0.05, 0.1) is 4.90 Å². The summed E-state index contributed by atoms with van der Waals surface area (Å²) in [7, 11) is -3.49. The van der Waals surface area contributed by atoms with Crippen molar-refractivity contribution in [2.24, 2.45) is 5.92 Å². The van der Waals surface area contributed by atoms with Gasteiger partial charge in [-0.1, -0.05) is 26.0 Å². The van der Waals surface area contributed by atoms with Crippen molar-refractivity contribution in [3.05, 3.63) is 35.9 Å². The first-order chi connectivity index (χ1) is 9.31. The van der Waals surface area contributed by atoms with E-state index in [-0.39, 0.29) is 4.90 Å². The summed E-state index contributed by atoms with van der Waals surface area (Å²) >= 11 is 0. The Morgan fingerprint density at radius 1 is 1.30 bits per heavy atom. The van der Waals surface area contributed by atoms with Gasteiger partial charge in [-0.2, -0.15) is 0 Å². The summed E-state index contributed by atoms with van der Waals surface area (Å²) in [4.78, 5) is 10.6. The normalized spacial score (nSPS) is 12.2. The minimum Gasteiger partial charge on any atom is -0.478 e. The lowest BCUT2D eigenvalue weighted by atomic mass is 10.1. The number of carboxylic acid groups (broad SMARTS) is 1. The van der Waals surface area contributed by atoms with Gasteiger partial charge >= 0.3 is 5.97 Å². The minimum atomic E-state index is -3.49. The summed E-state index contributed by atoms with van der Waals surface area (Å²) in [6.45, 7) is 4.45. The van der Waals surface area contributed by atoms with E-state index < -0.39 is 16.0 Å². The Kier molecular flexibility index (Phi) is 5.91. The molecule has 0 fully saturated rings. The number of aliphatic carboxylic acids is 1. The second-order valence-corrected chi connectivity index (χ2v) is 6.59. The fourth-order valence-corrected chi connectivity index (χ4v) is 2.54. The van der Waals surface area contributed by atoms with Crippen LogP contribution in [-0.4, -0.2) is 26.0 Å². The Balaban J connectivity index is 2.74. The predicted molar refractivity (Wildman–Crippen MR) is 77.8 cm³/mol. The van der Waals surface area contributed by atoms with Gasteiger partial charge in [0, 0.05) is 12.6 Å². The topological polar surface area (TPSA) is 83.5 Å². The largest absolute Gasteiger partial charge is 0.478 e. The zero-order valence-corrected chi connectivity index (χ0v) is 12.4. The van der Waals surface area contributed by atoms with Crippen LogP contribution in [0.5, 0.6) is 0 Å². The molecule has 0 unspecified atom stereocenters. The van der Waals surface area contributed by atoms with E-state index in [4.69, 9.17) is 5.11 Å². The van der Waals surface area contributed by atoms with Gasteiger partial charge in [-0.15, -0.1) is 0 Å². The summed E-state index contributed by atoms with van der Waals surface area (Å²) in [6.07, 6.45) is 3.19. The Labute approximate surface area is 119 Å². The van der Waals surface area contributed by atoms with Crippen molar-refractivity contribution in [1.29, 1.82) is 0 Å². The van der Waals surface area contributed by atoms with Crippen molar-refractivity contribution >= 4 is 22.1 Å². The molecule has 0 aliphatic heterocycles. The van der Waals surface area contributed by atoms with Crippen LogP contribution in [0.15, 0.2) is 35.2 Å². The van der Waals surface area contributed by atoms with Crippen molar-refractivity contribution < 1.29 is 18.3 Å². The molecule has 0 amide bonds. The molecule has 1 aromatic rings. The van der Waals surface area contributed by atoms with Crippen molar-refractivity contribution in [1.82, 2.24) is 4.72 Å². The lowest BCUT2D eigenvalue weighted by molar-refractivity contribution is -0.131. The Bertz CT molecular complexity index is 574. The third-order valence-electron chi connectivity index (χ3n) is 2.62. The maximum atomic E-state index is 12.0. The molecule has 0 bridgehead atoms. The molecule has 0 heterocycles. The van der Waals surface area contributed by atoms with Crippen molar-refractivity contribution in [2.45, 2.75) is 25.2 Å². The molecular formula is C14H19NO4S. The molecule has 0 atom stereocenters. The molecule has 1 rings (SSSR count). The second-order valence-electron chi connectivity index (χ2n) is 4.82. The highest BCUT2D eigenvalue weighted by Gasteiger charge is 2.12. The second kappa shape index (κ2) is 7.21. The van der Waals surface area contributed by atoms with E-state index in [9.17, 15) is 13.2 Å². The summed E-state index contributed by atoms with van der Waals surface area (Å²) in [5.74, 6) is -0.613. The van der Waals surface area contributed by atoms with Crippen LogP contribution in [0.2, 0.25) is 0 Å². The molecule has 5 nitrogen and oxygen atoms in total. The van der Waals surface area contributed by atoms with Gasteiger partial charge in [0.1, 0.15) is 0 Å². The van der Waals surface area contributed by atoms with E-state index in [1.54, 1.807) is 12.1 Å². The lowest BCUT2D eigenvalue weighted by Gasteiger charge is -2.08. The first-order valence-corrected chi connectivity index (χ1v) is 7.80. The Morgan fingerprint density at radius 2 is 1.90 bits per heavy atom. The van der Waals surface area contributed by atoms with Gasteiger partial charge in [0.25, 0.3) is 0 Å². The molecule has 0 saturated heterocycles. The van der Waals surface area contributed by atoms with E-state index in [2.05, 4.69) is 4.72 Å². The van der Waals surface area contributed by atoms with Crippen LogP contribution < -0.4 is 4.72 Å². The molecule has 0 spiro atoms. The number of sulfonamides is 1. The van der Waals surface area contributed by atoms with Crippen LogP contribution in [0, 0.1) is 5.92 Å². The average Bonchev–Trinajstić information content (AvgIpc) is 2.36. The monoisotopic (exact) mass is 297 g/mol. The minimum absolute atomic E-state index is 0.175. The lowest BCUT2D eigenvalue weighted by Crippen LogP contribution is -2.25. The van der Waals surface area contributed by atoms with E-state index in [0.29, 0.717) is 18.0 Å². The smallest absolute Gasteiger partial charge is 0.328 e. The molecule has 0 aliphatic rings. The number of rotatable bonds is 7. The molecule has 1 aromatic carbocycles. The number of hydrogen-bond donors (Lipinski definition) is 2. The van der Waals surface area contributed by atoms with Crippen LogP contribution >= 0.6 is 0 Å². The summed E-state index contributed by atoms with van der Waals surface area (Å²) < 4.78 is 26.5. The molecule has 6 heteroatoms. The zero-order chi connectivity index (χ0) is 15.2. The summed E-state index contributed by atoms with van der Waals surface area (Å²) in [5, 5.41) is 8.51. The summed E-state index contributed by atoms with van der Waals surface area (Å²) in [5.41, 5.74) is 0.633. The standard InChI is InChI=1S/C14H19NO4S/c1-11(2)9-10-15-20(18,19)13-6-3-12(4-7-13)5-8-14(16)17/h3-8,11,15H,9-10H2,1-2H3,(H,16,17)/b8-5+. The fourth-order valence-electron chi connectivity index (χ4n) is 1.49. The molecule has 20 heavy (non-hydrogen) atoms. The number of hydrogen-bond acceptors (Lipinski definition) is 3. The number of carbonyl (C=O) groups is 1. The van der Waals surface area contributed by atoms with E-state index in [1.165, 1.54) is 18.2 Å². The molecule has 0 saturated carbocycles. The van der Waals surface area contributed by atoms with Crippen LogP contribution in [0.25, 0.3) is 6.08 Å². The number of benzene rings is 1. The SMILES string of the molecule is CC(C)CCNS(=O)(=O)c1ccc(/C=C/C(=O)O)cc1. The molecule has 110 valence electrons. The van der Waals surface area contributed by atoms with Crippen molar-refractivity contribution in [3.63, 3.8) is 0 Å². The van der Waals surface area contributed by atoms with Crippen LogP contribution in [0.3, 0.4) is 0 Å². The molecule has 0 radical (unpaired) electrons. The molecular weight excluding hydrogens is 278 g/mol. The first kappa shape index (κ1) is 16.4. The van der Waals surface area contributed by atoms with Gasteiger partial charge in [0.2, 0.25) is 10.0 Å². The van der Waals surface area contributed by atoms with Crippen molar-refractivity contribution in [3.8, 4) is 0 Å². The van der Waals surface area contributed by atoms with E-state index in [0.717, 1.165) is 12.5 Å². The predicted octanol–water partition coefficient (Wildman–Crippen LogP) is 2.11. The number of nitrogens with one attached hydrogen (secondary N) is 1. The van der Waals surface area contributed by atoms with Crippen molar-refractivity contribution in [2.75, 3.05) is 6.54 Å². The van der Waals surface area contributed by atoms with Crippen LogP contribution in [0.4, 0.5) is 0 Å². The number of carboxylic acids is 1. The molecule has 0 aliphatic carbocycles. The molecule has 2 N–H and O–H groups in total. The van der Waals surface area contributed by atoms with Gasteiger partial charge in [0.15, 0.2) is 0 Å². The average molecular weight is 297 g/mol. The van der Waals surface area contributed by atoms with Gasteiger partial charge in [-0.05, 0) is 36.1 Å². The Hall–Kier alpha value is -1.66. The highest BCUT2D eigenvalue weighted by molar-refractivity contribution is 7.89. The highest BCUT2D eigenvalue weighted by atomic mass is 32.2. The third kappa shape index (κ3) is 5.54. The first-order valence-electron chi connectivity index (χ1n) is 6.32. The quantitative estimate of drug-likeness (QED) is 0.755. The van der Waals surface area contributed by atoms with Gasteiger partial charge in [-0.3, -0.25) is 0 Å². The van der Waals surface area contributed by atoms with Crippen LogP contribution in [-0.2, 0) is 14.8 Å².